The van der Waals surface area contributed by atoms with Crippen LogP contribution in [0.15, 0.2) is 121 Å². The zero-order valence-electron chi connectivity index (χ0n) is 17.3. The first-order valence-electron chi connectivity index (χ1n) is 10.5. The molecule has 0 aliphatic heterocycles. The van der Waals surface area contributed by atoms with E-state index in [0.29, 0.717) is 0 Å². The Morgan fingerprint density at radius 2 is 0.613 bits per heavy atom. The summed E-state index contributed by atoms with van der Waals surface area (Å²) in [4.78, 5) is 0. The van der Waals surface area contributed by atoms with E-state index in [-0.39, 0.29) is 0 Å². The molecule has 0 fully saturated rings. The van der Waals surface area contributed by atoms with Gasteiger partial charge in [0, 0.05) is 6.42 Å². The Bertz CT molecular complexity index is 903. The molecule has 0 saturated carbocycles. The molecule has 0 unspecified atom stereocenters. The second kappa shape index (κ2) is 10.3. The molecule has 0 atom stereocenters. The first-order valence-corrected chi connectivity index (χ1v) is 16.3. The first-order chi connectivity index (χ1) is 15.1. The lowest BCUT2D eigenvalue weighted by Crippen LogP contribution is -2.24. The molecule has 31 heavy (non-hydrogen) atoms. The van der Waals surface area contributed by atoms with Crippen LogP contribution in [-0.2, 0) is 0 Å². The van der Waals surface area contributed by atoms with Gasteiger partial charge in [-0.25, -0.2) is 0 Å². The van der Waals surface area contributed by atoms with Crippen molar-refractivity contribution in [2.24, 2.45) is 0 Å². The molecule has 4 aromatic rings. The van der Waals surface area contributed by atoms with Gasteiger partial charge in [-0.1, -0.05) is 72.8 Å². The summed E-state index contributed by atoms with van der Waals surface area (Å²) in [5, 5.41) is 4.95. The molecule has 0 radical (unpaired) electrons. The fourth-order valence-electron chi connectivity index (χ4n) is 3.98. The summed E-state index contributed by atoms with van der Waals surface area (Å²) in [6.45, 7) is -4.02. The number of benzene rings is 4. The Balaban J connectivity index is 1.64. The van der Waals surface area contributed by atoms with Crippen molar-refractivity contribution < 1.29 is 0 Å². The Morgan fingerprint density at radius 1 is 0.387 bits per heavy atom. The SMILES string of the molecule is Cl[P+](CCC[P+](Cl)(c1ccccc1)c1ccccc1)(c1ccccc1)c1ccccc1. The van der Waals surface area contributed by atoms with Gasteiger partial charge in [0.25, 0.3) is 0 Å². The lowest BCUT2D eigenvalue weighted by Gasteiger charge is -2.22. The van der Waals surface area contributed by atoms with Gasteiger partial charge in [-0.3, -0.25) is 0 Å². The Kier molecular flexibility index (Phi) is 7.47. The molecule has 0 spiro atoms. The van der Waals surface area contributed by atoms with E-state index in [2.05, 4.69) is 121 Å². The highest BCUT2D eigenvalue weighted by atomic mass is 35.7. The average molecular weight is 483 g/mol. The lowest BCUT2D eigenvalue weighted by atomic mass is 10.4. The second-order valence-corrected chi connectivity index (χ2v) is 16.9. The van der Waals surface area contributed by atoms with E-state index < -0.39 is 13.2 Å². The zero-order valence-corrected chi connectivity index (χ0v) is 20.6. The van der Waals surface area contributed by atoms with E-state index >= 15 is 0 Å². The maximum atomic E-state index is 7.49. The fourth-order valence-corrected chi connectivity index (χ4v) is 11.7. The van der Waals surface area contributed by atoms with Crippen molar-refractivity contribution in [1.29, 1.82) is 0 Å². The molecule has 0 N–H and O–H groups in total. The quantitative estimate of drug-likeness (QED) is 0.236. The van der Waals surface area contributed by atoms with E-state index in [1.165, 1.54) is 21.2 Å². The van der Waals surface area contributed by atoms with Gasteiger partial charge in [0.05, 0.1) is 34.8 Å². The Labute approximate surface area is 196 Å². The molecule has 4 heteroatoms. The maximum absolute atomic E-state index is 7.49. The summed E-state index contributed by atoms with van der Waals surface area (Å²) in [6, 6.07) is 42.3. The van der Waals surface area contributed by atoms with E-state index in [0.717, 1.165) is 18.7 Å². The maximum Gasteiger partial charge on any atom is 0.178 e. The summed E-state index contributed by atoms with van der Waals surface area (Å²) in [5.41, 5.74) is 0. The molecule has 0 heterocycles. The summed E-state index contributed by atoms with van der Waals surface area (Å²) >= 11 is 15.0. The molecule has 0 nitrogen and oxygen atoms in total. The highest BCUT2D eigenvalue weighted by Gasteiger charge is 2.46. The van der Waals surface area contributed by atoms with Crippen molar-refractivity contribution in [1.82, 2.24) is 0 Å². The molecule has 0 saturated heterocycles. The third-order valence-corrected chi connectivity index (χ3v) is 15.3. The highest BCUT2D eigenvalue weighted by Crippen LogP contribution is 2.65. The minimum atomic E-state index is -2.01. The number of halogens is 2. The van der Waals surface area contributed by atoms with Crippen molar-refractivity contribution in [3.63, 3.8) is 0 Å². The van der Waals surface area contributed by atoms with Crippen LogP contribution < -0.4 is 21.2 Å². The fraction of sp³-hybridized carbons (Fsp3) is 0.111. The van der Waals surface area contributed by atoms with Gasteiger partial charge in [-0.15, -0.1) is 0 Å². The van der Waals surface area contributed by atoms with Crippen LogP contribution >= 0.6 is 35.7 Å². The van der Waals surface area contributed by atoms with Crippen LogP contribution in [0.4, 0.5) is 0 Å². The summed E-state index contributed by atoms with van der Waals surface area (Å²) in [6.07, 6.45) is 2.83. The normalized spacial score (nSPS) is 11.9. The van der Waals surface area contributed by atoms with Gasteiger partial charge in [0.2, 0.25) is 0 Å². The summed E-state index contributed by atoms with van der Waals surface area (Å²) in [7, 11) is 0. The van der Waals surface area contributed by atoms with Crippen molar-refractivity contribution in [3.8, 4) is 0 Å². The topological polar surface area (TPSA) is 0 Å². The minimum Gasteiger partial charge on any atom is -0.0620 e. The smallest absolute Gasteiger partial charge is 0.0620 e. The van der Waals surface area contributed by atoms with Crippen molar-refractivity contribution in [2.45, 2.75) is 6.42 Å². The van der Waals surface area contributed by atoms with Gasteiger partial charge in [0.15, 0.2) is 13.2 Å². The standard InChI is InChI=1S/C27H26Cl2P2/c28-30(24-14-5-1-6-15-24,25-16-7-2-8-17-25)22-13-23-31(29,26-18-9-3-10-19-26)27-20-11-4-12-21-27/h1-12,14-21H,13,22-23H2/q+2. The number of rotatable bonds is 8. The van der Waals surface area contributed by atoms with E-state index in [1.807, 2.05) is 0 Å². The predicted octanol–water partition coefficient (Wildman–Crippen LogP) is 7.02. The predicted molar refractivity (Wildman–Crippen MR) is 144 cm³/mol. The molecule has 0 amide bonds. The molecule has 0 bridgehead atoms. The molecule has 0 aliphatic carbocycles. The van der Waals surface area contributed by atoms with Crippen molar-refractivity contribution >= 4 is 56.9 Å². The van der Waals surface area contributed by atoms with E-state index in [9.17, 15) is 0 Å². The third kappa shape index (κ3) is 5.05. The van der Waals surface area contributed by atoms with Gasteiger partial charge in [0.1, 0.15) is 21.2 Å². The number of hydrogen-bond acceptors (Lipinski definition) is 0. The average Bonchev–Trinajstić information content (AvgIpc) is 2.86. The zero-order chi connectivity index (χ0) is 21.6. The first kappa shape index (κ1) is 22.5. The molecular weight excluding hydrogens is 457 g/mol. The largest absolute Gasteiger partial charge is 0.178 e. The third-order valence-electron chi connectivity index (χ3n) is 5.59. The Hall–Kier alpha value is -1.68. The molecule has 156 valence electrons. The van der Waals surface area contributed by atoms with Gasteiger partial charge < -0.3 is 0 Å². The molecule has 0 aliphatic rings. The van der Waals surface area contributed by atoms with E-state index in [1.54, 1.807) is 0 Å². The summed E-state index contributed by atoms with van der Waals surface area (Å²) < 4.78 is 0. The molecular formula is C27H26Cl2P2+2. The second-order valence-electron chi connectivity index (χ2n) is 7.58. The van der Waals surface area contributed by atoms with E-state index in [4.69, 9.17) is 22.5 Å². The van der Waals surface area contributed by atoms with Crippen LogP contribution in [0.5, 0.6) is 0 Å². The monoisotopic (exact) mass is 482 g/mol. The van der Waals surface area contributed by atoms with Gasteiger partial charge in [-0.2, -0.15) is 0 Å². The number of hydrogen-bond donors (Lipinski definition) is 0. The molecule has 4 aromatic carbocycles. The Morgan fingerprint density at radius 3 is 0.839 bits per heavy atom. The van der Waals surface area contributed by atoms with Crippen molar-refractivity contribution in [2.75, 3.05) is 12.3 Å². The van der Waals surface area contributed by atoms with Crippen LogP contribution in [0.25, 0.3) is 0 Å². The van der Waals surface area contributed by atoms with Crippen molar-refractivity contribution in [3.05, 3.63) is 121 Å². The van der Waals surface area contributed by atoms with Crippen LogP contribution in [0.2, 0.25) is 0 Å². The van der Waals surface area contributed by atoms with Gasteiger partial charge in [-0.05, 0) is 48.5 Å². The highest BCUT2D eigenvalue weighted by molar-refractivity contribution is 8.10. The molecule has 4 rings (SSSR count). The van der Waals surface area contributed by atoms with Crippen LogP contribution in [0, 0.1) is 0 Å². The molecule has 0 aromatic heterocycles. The lowest BCUT2D eigenvalue weighted by molar-refractivity contribution is 1.11. The van der Waals surface area contributed by atoms with Crippen LogP contribution in [0.3, 0.4) is 0 Å². The van der Waals surface area contributed by atoms with Crippen LogP contribution in [0.1, 0.15) is 6.42 Å². The van der Waals surface area contributed by atoms with Crippen LogP contribution in [-0.4, -0.2) is 12.3 Å². The van der Waals surface area contributed by atoms with Gasteiger partial charge >= 0.3 is 0 Å². The summed E-state index contributed by atoms with van der Waals surface area (Å²) in [5.74, 6) is 0. The minimum absolute atomic E-state index is 0.927.